The summed E-state index contributed by atoms with van der Waals surface area (Å²) in [5, 5.41) is 0. The maximum absolute atomic E-state index is 12.4. The first-order valence-electron chi connectivity index (χ1n) is 8.00. The first-order valence-corrected chi connectivity index (χ1v) is 8.00. The monoisotopic (exact) mass is 285 g/mol. The number of piperidine rings is 1. The molecule has 4 nitrogen and oxygen atoms in total. The summed E-state index contributed by atoms with van der Waals surface area (Å²) < 4.78 is 0. The fourth-order valence-electron chi connectivity index (χ4n) is 3.19. The summed E-state index contributed by atoms with van der Waals surface area (Å²) in [6, 6.07) is 8.20. The second kappa shape index (κ2) is 6.29. The zero-order valence-electron chi connectivity index (χ0n) is 12.7. The van der Waals surface area contributed by atoms with E-state index in [0.717, 1.165) is 43.1 Å². The molecule has 0 unspecified atom stereocenters. The number of hydrogen-bond donors (Lipinski definition) is 0. The summed E-state index contributed by atoms with van der Waals surface area (Å²) in [6.07, 6.45) is 4.69. The standard InChI is InChI=1S/C17H23N3O/c1-2-10-20-15-9-5-4-8-14(15)17(18-13-16(20)21)19-11-6-3-7-12-19/h4-5,8-9H,2-3,6-7,10-13H2,1H3. The number of benzene rings is 1. The summed E-state index contributed by atoms with van der Waals surface area (Å²) in [5.41, 5.74) is 2.13. The van der Waals surface area contributed by atoms with Crippen molar-refractivity contribution in [2.45, 2.75) is 32.6 Å². The highest BCUT2D eigenvalue weighted by Gasteiger charge is 2.26. The van der Waals surface area contributed by atoms with E-state index in [9.17, 15) is 4.79 Å². The molecule has 1 aromatic rings. The van der Waals surface area contributed by atoms with Gasteiger partial charge in [-0.25, -0.2) is 0 Å². The molecule has 21 heavy (non-hydrogen) atoms. The van der Waals surface area contributed by atoms with Crippen molar-refractivity contribution in [1.29, 1.82) is 0 Å². The lowest BCUT2D eigenvalue weighted by atomic mass is 10.1. The highest BCUT2D eigenvalue weighted by atomic mass is 16.2. The number of amides is 1. The van der Waals surface area contributed by atoms with Crippen molar-refractivity contribution in [2.75, 3.05) is 31.1 Å². The predicted octanol–water partition coefficient (Wildman–Crippen LogP) is 2.68. The number of carbonyl (C=O) groups is 1. The fourth-order valence-corrected chi connectivity index (χ4v) is 3.19. The van der Waals surface area contributed by atoms with Crippen LogP contribution in [0, 0.1) is 0 Å². The van der Waals surface area contributed by atoms with Crippen LogP contribution in [0.4, 0.5) is 5.69 Å². The van der Waals surface area contributed by atoms with E-state index >= 15 is 0 Å². The molecule has 0 spiro atoms. The maximum Gasteiger partial charge on any atom is 0.248 e. The first-order chi connectivity index (χ1) is 10.3. The van der Waals surface area contributed by atoms with Crippen LogP contribution in [0.2, 0.25) is 0 Å². The third-order valence-electron chi connectivity index (χ3n) is 4.20. The maximum atomic E-state index is 12.4. The van der Waals surface area contributed by atoms with Gasteiger partial charge in [-0.15, -0.1) is 0 Å². The smallest absolute Gasteiger partial charge is 0.248 e. The Bertz CT molecular complexity index is 547. The molecule has 1 saturated heterocycles. The van der Waals surface area contributed by atoms with Gasteiger partial charge in [-0.05, 0) is 37.8 Å². The molecule has 1 fully saturated rings. The van der Waals surface area contributed by atoms with Crippen LogP contribution < -0.4 is 4.90 Å². The summed E-state index contributed by atoms with van der Waals surface area (Å²) >= 11 is 0. The van der Waals surface area contributed by atoms with Crippen LogP contribution in [0.1, 0.15) is 38.2 Å². The number of rotatable bonds is 2. The average molecular weight is 285 g/mol. The molecule has 1 aromatic carbocycles. The van der Waals surface area contributed by atoms with Crippen molar-refractivity contribution in [3.05, 3.63) is 29.8 Å². The normalized spacial score (nSPS) is 19.1. The van der Waals surface area contributed by atoms with Crippen molar-refractivity contribution >= 4 is 17.4 Å². The molecule has 0 bridgehead atoms. The Hall–Kier alpha value is -1.84. The summed E-state index contributed by atoms with van der Waals surface area (Å²) in [7, 11) is 0. The predicted molar refractivity (Wildman–Crippen MR) is 85.9 cm³/mol. The van der Waals surface area contributed by atoms with Crippen LogP contribution in [0.15, 0.2) is 29.3 Å². The minimum atomic E-state index is 0.108. The second-order valence-electron chi connectivity index (χ2n) is 5.75. The van der Waals surface area contributed by atoms with E-state index in [1.54, 1.807) is 0 Å². The van der Waals surface area contributed by atoms with E-state index in [4.69, 9.17) is 0 Å². The van der Waals surface area contributed by atoms with Crippen LogP contribution in [-0.2, 0) is 4.79 Å². The molecule has 4 heteroatoms. The van der Waals surface area contributed by atoms with Gasteiger partial charge in [0.25, 0.3) is 0 Å². The Morgan fingerprint density at radius 2 is 1.90 bits per heavy atom. The molecule has 0 radical (unpaired) electrons. The Labute approximate surface area is 126 Å². The number of benzodiazepines with no additional fused rings is 1. The van der Waals surface area contributed by atoms with Gasteiger partial charge in [0.1, 0.15) is 12.4 Å². The number of aliphatic imine (C=N–C) groups is 1. The molecule has 2 aliphatic rings. The van der Waals surface area contributed by atoms with Gasteiger partial charge < -0.3 is 9.80 Å². The Morgan fingerprint density at radius 3 is 2.67 bits per heavy atom. The number of carbonyl (C=O) groups excluding carboxylic acids is 1. The van der Waals surface area contributed by atoms with Gasteiger partial charge in [0.15, 0.2) is 0 Å². The second-order valence-corrected chi connectivity index (χ2v) is 5.75. The van der Waals surface area contributed by atoms with Crippen molar-refractivity contribution in [3.63, 3.8) is 0 Å². The Kier molecular flexibility index (Phi) is 4.23. The fraction of sp³-hybridized carbons (Fsp3) is 0.529. The van der Waals surface area contributed by atoms with Gasteiger partial charge in [-0.3, -0.25) is 9.79 Å². The van der Waals surface area contributed by atoms with Gasteiger partial charge in [0.2, 0.25) is 5.91 Å². The lowest BCUT2D eigenvalue weighted by Gasteiger charge is -2.31. The van der Waals surface area contributed by atoms with E-state index in [-0.39, 0.29) is 12.5 Å². The van der Waals surface area contributed by atoms with Crippen LogP contribution in [-0.4, -0.2) is 42.8 Å². The third kappa shape index (κ3) is 2.80. The highest BCUT2D eigenvalue weighted by Crippen LogP contribution is 2.26. The minimum Gasteiger partial charge on any atom is -0.356 e. The van der Waals surface area contributed by atoms with Crippen LogP contribution in [0.25, 0.3) is 0 Å². The Balaban J connectivity index is 2.00. The van der Waals surface area contributed by atoms with Crippen LogP contribution >= 0.6 is 0 Å². The highest BCUT2D eigenvalue weighted by molar-refractivity contribution is 6.10. The molecule has 0 aliphatic carbocycles. The number of anilines is 1. The van der Waals surface area contributed by atoms with E-state index in [1.165, 1.54) is 19.3 Å². The number of likely N-dealkylation sites (tertiary alicyclic amines) is 1. The van der Waals surface area contributed by atoms with Crippen molar-refractivity contribution in [2.24, 2.45) is 4.99 Å². The SMILES string of the molecule is CCCN1C(=O)CN=C(N2CCCCC2)c2ccccc21. The van der Waals surface area contributed by atoms with Gasteiger partial charge in [-0.1, -0.05) is 19.1 Å². The van der Waals surface area contributed by atoms with Crippen LogP contribution in [0.3, 0.4) is 0 Å². The summed E-state index contributed by atoms with van der Waals surface area (Å²) in [6.45, 7) is 5.23. The van der Waals surface area contributed by atoms with Gasteiger partial charge in [-0.2, -0.15) is 0 Å². The lowest BCUT2D eigenvalue weighted by molar-refractivity contribution is -0.117. The van der Waals surface area contributed by atoms with E-state index in [2.05, 4.69) is 22.9 Å². The quantitative estimate of drug-likeness (QED) is 0.837. The molecule has 0 saturated carbocycles. The molecule has 112 valence electrons. The number of amidine groups is 1. The Morgan fingerprint density at radius 1 is 1.14 bits per heavy atom. The summed E-state index contributed by atoms with van der Waals surface area (Å²) in [4.78, 5) is 21.3. The molecule has 3 rings (SSSR count). The number of para-hydroxylation sites is 1. The third-order valence-corrected chi connectivity index (χ3v) is 4.20. The average Bonchev–Trinajstić information content (AvgIpc) is 2.67. The van der Waals surface area contributed by atoms with Crippen molar-refractivity contribution < 1.29 is 4.79 Å². The molecule has 0 atom stereocenters. The molecule has 0 N–H and O–H groups in total. The first kappa shape index (κ1) is 14.1. The molecule has 2 heterocycles. The zero-order chi connectivity index (χ0) is 14.7. The topological polar surface area (TPSA) is 35.9 Å². The molecular weight excluding hydrogens is 262 g/mol. The molecule has 1 amide bonds. The van der Waals surface area contributed by atoms with E-state index in [0.29, 0.717) is 0 Å². The lowest BCUT2D eigenvalue weighted by Crippen LogP contribution is -2.36. The molecule has 0 aromatic heterocycles. The minimum absolute atomic E-state index is 0.108. The van der Waals surface area contributed by atoms with Gasteiger partial charge in [0, 0.05) is 25.2 Å². The largest absolute Gasteiger partial charge is 0.356 e. The van der Waals surface area contributed by atoms with Crippen molar-refractivity contribution in [1.82, 2.24) is 4.90 Å². The van der Waals surface area contributed by atoms with E-state index < -0.39 is 0 Å². The number of fused-ring (bicyclic) bond motifs is 1. The zero-order valence-corrected chi connectivity index (χ0v) is 12.7. The van der Waals surface area contributed by atoms with E-state index in [1.807, 2.05) is 23.1 Å². The molecular formula is C17H23N3O. The van der Waals surface area contributed by atoms with Crippen LogP contribution in [0.5, 0.6) is 0 Å². The number of hydrogen-bond acceptors (Lipinski definition) is 3. The number of nitrogens with zero attached hydrogens (tertiary/aromatic N) is 3. The van der Waals surface area contributed by atoms with Gasteiger partial charge >= 0.3 is 0 Å². The summed E-state index contributed by atoms with van der Waals surface area (Å²) in [5.74, 6) is 1.12. The van der Waals surface area contributed by atoms with Crippen molar-refractivity contribution in [3.8, 4) is 0 Å². The molecule has 2 aliphatic heterocycles. The van der Waals surface area contributed by atoms with Gasteiger partial charge in [0.05, 0.1) is 5.69 Å².